The van der Waals surface area contributed by atoms with Crippen LogP contribution in [0.3, 0.4) is 0 Å². The van der Waals surface area contributed by atoms with Gasteiger partial charge in [-0.25, -0.2) is 0 Å². The average molecular weight is 445 g/mol. The molecule has 0 radical (unpaired) electrons. The molecule has 0 saturated carbocycles. The lowest BCUT2D eigenvalue weighted by Crippen LogP contribution is -2.60. The minimum atomic E-state index is -4.40. The molecule has 1 saturated heterocycles. The number of nitrogens with zero attached hydrogens (tertiary/aromatic N) is 2. The number of hydrogen-bond acceptors (Lipinski definition) is 5. The lowest BCUT2D eigenvalue weighted by molar-refractivity contribution is -0.148. The molecular formula is C20H27F3N4O2S. The quantitative estimate of drug-likeness (QED) is 0.607. The Morgan fingerprint density at radius 1 is 1.23 bits per heavy atom. The molecule has 1 aromatic carbocycles. The second kappa shape index (κ2) is 8.89. The van der Waals surface area contributed by atoms with Crippen LogP contribution in [-0.4, -0.2) is 52.8 Å². The minimum absolute atomic E-state index is 0.0928. The van der Waals surface area contributed by atoms with E-state index in [1.165, 1.54) is 35.8 Å². The Morgan fingerprint density at radius 2 is 1.80 bits per heavy atom. The molecule has 6 nitrogen and oxygen atoms in total. The lowest BCUT2D eigenvalue weighted by Gasteiger charge is -2.43. The van der Waals surface area contributed by atoms with Crippen LogP contribution in [0.15, 0.2) is 34.9 Å². The summed E-state index contributed by atoms with van der Waals surface area (Å²) in [7, 11) is 1.46. The van der Waals surface area contributed by atoms with Gasteiger partial charge in [-0.1, -0.05) is 32.9 Å². The maximum atomic E-state index is 12.8. The minimum Gasteiger partial charge on any atom is -0.375 e. The number of alkyl halides is 3. The summed E-state index contributed by atoms with van der Waals surface area (Å²) in [5, 5.41) is 22.5. The summed E-state index contributed by atoms with van der Waals surface area (Å²) < 4.78 is 38.2. The van der Waals surface area contributed by atoms with Crippen molar-refractivity contribution >= 4 is 23.5 Å². The van der Waals surface area contributed by atoms with Gasteiger partial charge in [-0.2, -0.15) is 13.2 Å². The van der Waals surface area contributed by atoms with Crippen molar-refractivity contribution in [2.45, 2.75) is 39.8 Å². The van der Waals surface area contributed by atoms with Gasteiger partial charge in [0.25, 0.3) is 5.91 Å². The normalized spacial score (nSPS) is 20.0. The SMILES string of the molecule is CS/C(NCc1ccc(C(F)(F)F)cc1)=C1/C(=N)N(CC(C)(C)C)C(O)N(C)C1=O. The number of rotatable bonds is 5. The maximum Gasteiger partial charge on any atom is 0.416 e. The van der Waals surface area contributed by atoms with Crippen molar-refractivity contribution in [2.75, 3.05) is 19.8 Å². The molecule has 1 aliphatic rings. The van der Waals surface area contributed by atoms with E-state index in [-0.39, 0.29) is 23.4 Å². The number of amides is 1. The molecule has 0 aromatic heterocycles. The van der Waals surface area contributed by atoms with Crippen molar-refractivity contribution < 1.29 is 23.1 Å². The third kappa shape index (κ3) is 5.48. The molecule has 166 valence electrons. The molecule has 1 amide bonds. The van der Waals surface area contributed by atoms with E-state index in [0.29, 0.717) is 17.1 Å². The van der Waals surface area contributed by atoms with Crippen molar-refractivity contribution in [3.05, 3.63) is 46.0 Å². The highest BCUT2D eigenvalue weighted by atomic mass is 32.2. The van der Waals surface area contributed by atoms with E-state index in [1.807, 2.05) is 20.8 Å². The van der Waals surface area contributed by atoms with Gasteiger partial charge in [-0.15, -0.1) is 11.8 Å². The van der Waals surface area contributed by atoms with Crippen molar-refractivity contribution in [3.8, 4) is 0 Å². The Kier molecular flexibility index (Phi) is 7.13. The van der Waals surface area contributed by atoms with Crippen LogP contribution in [0, 0.1) is 10.8 Å². The topological polar surface area (TPSA) is 79.7 Å². The highest BCUT2D eigenvalue weighted by Gasteiger charge is 2.40. The third-order valence-corrected chi connectivity index (χ3v) is 5.25. The molecule has 1 aliphatic heterocycles. The van der Waals surface area contributed by atoms with Gasteiger partial charge in [0, 0.05) is 20.1 Å². The summed E-state index contributed by atoms with van der Waals surface area (Å²) in [5.41, 5.74) is -0.240. The fraction of sp³-hybridized carbons (Fsp3) is 0.500. The van der Waals surface area contributed by atoms with Gasteiger partial charge >= 0.3 is 6.18 Å². The number of aliphatic hydroxyl groups is 1. The van der Waals surface area contributed by atoms with E-state index in [9.17, 15) is 23.1 Å². The molecule has 3 N–H and O–H groups in total. The van der Waals surface area contributed by atoms with E-state index in [2.05, 4.69) is 5.32 Å². The van der Waals surface area contributed by atoms with Crippen LogP contribution in [0.5, 0.6) is 0 Å². The highest BCUT2D eigenvalue weighted by molar-refractivity contribution is 8.02. The fourth-order valence-electron chi connectivity index (χ4n) is 2.98. The zero-order valence-corrected chi connectivity index (χ0v) is 18.4. The highest BCUT2D eigenvalue weighted by Crippen LogP contribution is 2.30. The molecule has 0 bridgehead atoms. The molecule has 0 spiro atoms. The van der Waals surface area contributed by atoms with Gasteiger partial charge in [-0.3, -0.25) is 15.1 Å². The molecule has 1 fully saturated rings. The van der Waals surface area contributed by atoms with Gasteiger partial charge in [0.1, 0.15) is 11.4 Å². The van der Waals surface area contributed by atoms with Crippen molar-refractivity contribution in [2.24, 2.45) is 5.41 Å². The smallest absolute Gasteiger partial charge is 0.375 e. The summed E-state index contributed by atoms with van der Waals surface area (Å²) in [6.07, 6.45) is -3.91. The van der Waals surface area contributed by atoms with Crippen LogP contribution in [0.4, 0.5) is 13.2 Å². The summed E-state index contributed by atoms with van der Waals surface area (Å²) in [6.45, 7) is 6.43. The third-order valence-electron chi connectivity index (χ3n) is 4.49. The van der Waals surface area contributed by atoms with Gasteiger partial charge in [0.2, 0.25) is 6.35 Å². The van der Waals surface area contributed by atoms with Gasteiger partial charge < -0.3 is 15.3 Å². The Bertz CT molecular complexity index is 832. The van der Waals surface area contributed by atoms with Crippen LogP contribution in [-0.2, 0) is 17.5 Å². The molecular weight excluding hydrogens is 417 g/mol. The van der Waals surface area contributed by atoms with Crippen LogP contribution >= 0.6 is 11.8 Å². The summed E-state index contributed by atoms with van der Waals surface area (Å²) in [6, 6.07) is 4.75. The first-order valence-corrected chi connectivity index (χ1v) is 10.5. The molecule has 0 aliphatic carbocycles. The maximum absolute atomic E-state index is 12.8. The lowest BCUT2D eigenvalue weighted by atomic mass is 9.95. The van der Waals surface area contributed by atoms with E-state index in [4.69, 9.17) is 5.41 Å². The van der Waals surface area contributed by atoms with E-state index < -0.39 is 24.0 Å². The van der Waals surface area contributed by atoms with Crippen LogP contribution in [0.1, 0.15) is 31.9 Å². The number of carbonyl (C=O) groups is 1. The molecule has 1 unspecified atom stereocenters. The molecule has 2 rings (SSSR count). The van der Waals surface area contributed by atoms with Crippen LogP contribution < -0.4 is 5.32 Å². The number of benzene rings is 1. The van der Waals surface area contributed by atoms with Gasteiger partial charge in [0.15, 0.2) is 0 Å². The number of nitrogens with one attached hydrogen (secondary N) is 2. The number of amidine groups is 1. The largest absolute Gasteiger partial charge is 0.416 e. The van der Waals surface area contributed by atoms with Crippen molar-refractivity contribution in [1.29, 1.82) is 5.41 Å². The first-order chi connectivity index (χ1) is 13.8. The average Bonchev–Trinajstić information content (AvgIpc) is 2.65. The zero-order chi connectivity index (χ0) is 22.9. The Hall–Kier alpha value is -2.20. The molecule has 30 heavy (non-hydrogen) atoms. The van der Waals surface area contributed by atoms with E-state index in [0.717, 1.165) is 17.0 Å². The Balaban J connectivity index is 2.29. The van der Waals surface area contributed by atoms with Crippen molar-refractivity contribution in [1.82, 2.24) is 15.1 Å². The predicted octanol–water partition coefficient (Wildman–Crippen LogP) is 3.44. The van der Waals surface area contributed by atoms with Crippen molar-refractivity contribution in [3.63, 3.8) is 0 Å². The number of hydrogen-bond donors (Lipinski definition) is 3. The number of thioether (sulfide) groups is 1. The number of likely N-dealkylation sites (N-methyl/N-ethyl adjacent to an activating group) is 1. The monoisotopic (exact) mass is 444 g/mol. The summed E-state index contributed by atoms with van der Waals surface area (Å²) in [5.74, 6) is -0.591. The molecule has 1 heterocycles. The van der Waals surface area contributed by atoms with E-state index in [1.54, 1.807) is 6.26 Å². The number of halogens is 3. The summed E-state index contributed by atoms with van der Waals surface area (Å²) in [4.78, 5) is 15.4. The molecule has 1 atom stereocenters. The van der Waals surface area contributed by atoms with Gasteiger partial charge in [0.05, 0.1) is 10.6 Å². The second-order valence-corrected chi connectivity index (χ2v) is 9.07. The Morgan fingerprint density at radius 3 is 2.27 bits per heavy atom. The zero-order valence-electron chi connectivity index (χ0n) is 17.6. The second-order valence-electron chi connectivity index (χ2n) is 8.26. The summed E-state index contributed by atoms with van der Waals surface area (Å²) >= 11 is 1.23. The van der Waals surface area contributed by atoms with Crippen LogP contribution in [0.2, 0.25) is 0 Å². The number of carbonyl (C=O) groups excluding carboxylic acids is 1. The van der Waals surface area contributed by atoms with Crippen LogP contribution in [0.25, 0.3) is 0 Å². The standard InChI is InChI=1S/C20H27F3N4O2S/c1-19(2,3)11-27-15(24)14(17(28)26(4)18(27)29)16(30-5)25-10-12-6-8-13(9-7-12)20(21,22)23/h6-9,18,24-25,29H,10-11H2,1-5H3/b16-14-,24-15?. The predicted molar refractivity (Wildman–Crippen MR) is 111 cm³/mol. The number of aliphatic hydroxyl groups excluding tert-OH is 1. The first-order valence-electron chi connectivity index (χ1n) is 9.25. The molecule has 10 heteroatoms. The first kappa shape index (κ1) is 24.1. The van der Waals surface area contributed by atoms with Gasteiger partial charge in [-0.05, 0) is 29.4 Å². The van der Waals surface area contributed by atoms with E-state index >= 15 is 0 Å². The molecule has 1 aromatic rings. The fourth-order valence-corrected chi connectivity index (χ4v) is 3.59. The Labute approximate surface area is 178 Å².